The minimum atomic E-state index is 0. The monoisotopic (exact) mass is 204 g/mol. The van der Waals surface area contributed by atoms with Crippen LogP contribution in [-0.4, -0.2) is 21.7 Å². The van der Waals surface area contributed by atoms with E-state index in [9.17, 15) is 0 Å². The predicted octanol–water partition coefficient (Wildman–Crippen LogP) is 1.24. The van der Waals surface area contributed by atoms with E-state index in [1.54, 1.807) is 0 Å². The lowest BCUT2D eigenvalue weighted by molar-refractivity contribution is 0.774. The average Bonchev–Trinajstić information content (AvgIpc) is 2.48. The molecule has 0 saturated carbocycles. The molecule has 1 aromatic heterocycles. The highest BCUT2D eigenvalue weighted by molar-refractivity contribution is 5.85. The van der Waals surface area contributed by atoms with Gasteiger partial charge in [0.25, 0.3) is 0 Å². The van der Waals surface area contributed by atoms with Gasteiger partial charge in [0, 0.05) is 12.3 Å². The molecule has 3 N–H and O–H groups in total. The third-order valence-corrected chi connectivity index (χ3v) is 1.68. The van der Waals surface area contributed by atoms with Crippen LogP contribution in [0.4, 0.5) is 0 Å². The first-order chi connectivity index (χ1) is 5.74. The SMILES string of the molecule is CC(C)c1n[nH]c(CCCN)n1.Cl. The van der Waals surface area contributed by atoms with Gasteiger partial charge in [-0.2, -0.15) is 5.10 Å². The van der Waals surface area contributed by atoms with Crippen LogP contribution in [0, 0.1) is 0 Å². The molecule has 0 amide bonds. The molecule has 1 rings (SSSR count). The number of halogens is 1. The van der Waals surface area contributed by atoms with E-state index in [0.717, 1.165) is 24.5 Å². The van der Waals surface area contributed by atoms with Crippen molar-refractivity contribution in [3.63, 3.8) is 0 Å². The van der Waals surface area contributed by atoms with E-state index in [1.807, 2.05) is 0 Å². The summed E-state index contributed by atoms with van der Waals surface area (Å²) in [6, 6.07) is 0. The zero-order valence-electron chi connectivity index (χ0n) is 8.08. The number of hydrogen-bond donors (Lipinski definition) is 2. The molecule has 0 bridgehead atoms. The first kappa shape index (κ1) is 12.4. The largest absolute Gasteiger partial charge is 0.330 e. The predicted molar refractivity (Wildman–Crippen MR) is 55.1 cm³/mol. The van der Waals surface area contributed by atoms with Crippen LogP contribution in [0.25, 0.3) is 0 Å². The Morgan fingerprint density at radius 2 is 2.15 bits per heavy atom. The Bertz CT molecular complexity index is 234. The second-order valence-electron chi connectivity index (χ2n) is 3.19. The highest BCUT2D eigenvalue weighted by atomic mass is 35.5. The van der Waals surface area contributed by atoms with Gasteiger partial charge in [0.2, 0.25) is 0 Å². The summed E-state index contributed by atoms with van der Waals surface area (Å²) < 4.78 is 0. The zero-order valence-corrected chi connectivity index (χ0v) is 8.90. The maximum absolute atomic E-state index is 5.38. The van der Waals surface area contributed by atoms with Gasteiger partial charge in [-0.1, -0.05) is 13.8 Å². The van der Waals surface area contributed by atoms with Gasteiger partial charge in [0.1, 0.15) is 5.82 Å². The molecular weight excluding hydrogens is 188 g/mol. The topological polar surface area (TPSA) is 67.6 Å². The fraction of sp³-hybridized carbons (Fsp3) is 0.750. The Morgan fingerprint density at radius 1 is 1.46 bits per heavy atom. The Balaban J connectivity index is 0.00000144. The third-order valence-electron chi connectivity index (χ3n) is 1.68. The van der Waals surface area contributed by atoms with E-state index >= 15 is 0 Å². The van der Waals surface area contributed by atoms with E-state index in [1.165, 1.54) is 0 Å². The van der Waals surface area contributed by atoms with Gasteiger partial charge >= 0.3 is 0 Å². The second kappa shape index (κ2) is 5.94. The van der Waals surface area contributed by atoms with Crippen molar-refractivity contribution in [3.8, 4) is 0 Å². The van der Waals surface area contributed by atoms with Crippen LogP contribution in [0.3, 0.4) is 0 Å². The van der Waals surface area contributed by atoms with Crippen molar-refractivity contribution in [2.45, 2.75) is 32.6 Å². The van der Waals surface area contributed by atoms with Gasteiger partial charge in [0.15, 0.2) is 5.82 Å². The van der Waals surface area contributed by atoms with Gasteiger partial charge in [-0.05, 0) is 13.0 Å². The number of nitrogens with two attached hydrogens (primary N) is 1. The molecule has 1 heterocycles. The first-order valence-corrected chi connectivity index (χ1v) is 4.35. The zero-order chi connectivity index (χ0) is 8.97. The van der Waals surface area contributed by atoms with E-state index in [4.69, 9.17) is 5.73 Å². The van der Waals surface area contributed by atoms with Gasteiger partial charge in [-0.15, -0.1) is 12.4 Å². The Labute approximate surface area is 84.7 Å². The number of aryl methyl sites for hydroxylation is 1. The normalized spacial score (nSPS) is 10.2. The van der Waals surface area contributed by atoms with Crippen molar-refractivity contribution in [1.82, 2.24) is 15.2 Å². The lowest BCUT2D eigenvalue weighted by Crippen LogP contribution is -2.01. The summed E-state index contributed by atoms with van der Waals surface area (Å²) in [6.07, 6.45) is 1.86. The summed E-state index contributed by atoms with van der Waals surface area (Å²) in [5, 5.41) is 7.00. The fourth-order valence-corrected chi connectivity index (χ4v) is 0.950. The minimum Gasteiger partial charge on any atom is -0.330 e. The van der Waals surface area contributed by atoms with Crippen LogP contribution in [0.2, 0.25) is 0 Å². The molecular formula is C8H17ClN4. The lowest BCUT2D eigenvalue weighted by atomic mass is 10.2. The number of aromatic nitrogens is 3. The molecule has 0 aliphatic heterocycles. The van der Waals surface area contributed by atoms with Crippen LogP contribution in [0.15, 0.2) is 0 Å². The molecule has 0 fully saturated rings. The molecule has 0 aliphatic rings. The van der Waals surface area contributed by atoms with Gasteiger partial charge < -0.3 is 5.73 Å². The molecule has 0 radical (unpaired) electrons. The van der Waals surface area contributed by atoms with Gasteiger partial charge in [-0.3, -0.25) is 5.10 Å². The van der Waals surface area contributed by atoms with Crippen molar-refractivity contribution in [3.05, 3.63) is 11.6 Å². The summed E-state index contributed by atoms with van der Waals surface area (Å²) in [4.78, 5) is 4.33. The maximum Gasteiger partial charge on any atom is 0.153 e. The number of hydrogen-bond acceptors (Lipinski definition) is 3. The highest BCUT2D eigenvalue weighted by Crippen LogP contribution is 2.07. The molecule has 0 atom stereocenters. The number of nitrogens with one attached hydrogen (secondary N) is 1. The molecule has 0 spiro atoms. The van der Waals surface area contributed by atoms with Crippen molar-refractivity contribution < 1.29 is 0 Å². The number of rotatable bonds is 4. The molecule has 1 aromatic rings. The van der Waals surface area contributed by atoms with Crippen molar-refractivity contribution >= 4 is 12.4 Å². The summed E-state index contributed by atoms with van der Waals surface area (Å²) >= 11 is 0. The molecule has 13 heavy (non-hydrogen) atoms. The molecule has 4 nitrogen and oxygen atoms in total. The van der Waals surface area contributed by atoms with Crippen molar-refractivity contribution in [2.24, 2.45) is 5.73 Å². The summed E-state index contributed by atoms with van der Waals surface area (Å²) in [7, 11) is 0. The average molecular weight is 205 g/mol. The van der Waals surface area contributed by atoms with Crippen molar-refractivity contribution in [2.75, 3.05) is 6.54 Å². The lowest BCUT2D eigenvalue weighted by Gasteiger charge is -1.94. The van der Waals surface area contributed by atoms with E-state index < -0.39 is 0 Å². The Kier molecular flexibility index (Phi) is 5.66. The molecule has 76 valence electrons. The molecule has 5 heteroatoms. The minimum absolute atomic E-state index is 0. The Morgan fingerprint density at radius 3 is 2.62 bits per heavy atom. The van der Waals surface area contributed by atoms with E-state index in [0.29, 0.717) is 12.5 Å². The van der Waals surface area contributed by atoms with Crippen molar-refractivity contribution in [1.29, 1.82) is 0 Å². The van der Waals surface area contributed by atoms with Crippen LogP contribution >= 0.6 is 12.4 Å². The second-order valence-corrected chi connectivity index (χ2v) is 3.19. The number of H-pyrrole nitrogens is 1. The van der Waals surface area contributed by atoms with E-state index in [-0.39, 0.29) is 12.4 Å². The molecule has 0 unspecified atom stereocenters. The molecule has 0 aromatic carbocycles. The standard InChI is InChI=1S/C8H16N4.ClH/c1-6(2)8-10-7(11-12-8)4-3-5-9;/h6H,3-5,9H2,1-2H3,(H,10,11,12);1H. The fourth-order valence-electron chi connectivity index (χ4n) is 0.950. The van der Waals surface area contributed by atoms with Crippen LogP contribution < -0.4 is 5.73 Å². The number of nitrogens with zero attached hydrogens (tertiary/aromatic N) is 2. The third kappa shape index (κ3) is 3.74. The molecule has 0 aliphatic carbocycles. The van der Waals surface area contributed by atoms with Gasteiger partial charge in [-0.25, -0.2) is 4.98 Å². The summed E-state index contributed by atoms with van der Waals surface area (Å²) in [5.41, 5.74) is 5.38. The van der Waals surface area contributed by atoms with Crippen LogP contribution in [0.5, 0.6) is 0 Å². The van der Waals surface area contributed by atoms with Crippen LogP contribution in [-0.2, 0) is 6.42 Å². The molecule has 0 saturated heterocycles. The van der Waals surface area contributed by atoms with Crippen LogP contribution in [0.1, 0.15) is 37.8 Å². The Hall–Kier alpha value is -0.610. The van der Waals surface area contributed by atoms with E-state index in [2.05, 4.69) is 29.0 Å². The highest BCUT2D eigenvalue weighted by Gasteiger charge is 2.05. The number of aromatic amines is 1. The maximum atomic E-state index is 5.38. The van der Waals surface area contributed by atoms with Gasteiger partial charge in [0.05, 0.1) is 0 Å². The summed E-state index contributed by atoms with van der Waals surface area (Å²) in [6.45, 7) is 4.86. The smallest absolute Gasteiger partial charge is 0.153 e. The first-order valence-electron chi connectivity index (χ1n) is 4.35. The summed E-state index contributed by atoms with van der Waals surface area (Å²) in [5.74, 6) is 2.24. The quantitative estimate of drug-likeness (QED) is 0.776.